The third-order valence-electron chi connectivity index (χ3n) is 4.17. The molecule has 0 saturated heterocycles. The summed E-state index contributed by atoms with van der Waals surface area (Å²) in [7, 11) is 0. The predicted octanol–water partition coefficient (Wildman–Crippen LogP) is 6.27. The zero-order chi connectivity index (χ0) is 20.1. The van der Waals surface area contributed by atoms with Crippen molar-refractivity contribution in [3.8, 4) is 16.9 Å². The molecule has 7 heteroatoms. The maximum Gasteiger partial charge on any atom is 0.573 e. The first-order valence-corrected chi connectivity index (χ1v) is 9.09. The van der Waals surface area contributed by atoms with Gasteiger partial charge < -0.3 is 9.30 Å². The summed E-state index contributed by atoms with van der Waals surface area (Å²) in [6.07, 6.45) is -0.395. The zero-order valence-corrected chi connectivity index (χ0v) is 15.8. The molecule has 0 saturated carbocycles. The van der Waals surface area contributed by atoms with Gasteiger partial charge in [-0.2, -0.15) is 0 Å². The number of imidazole rings is 1. The van der Waals surface area contributed by atoms with E-state index >= 15 is 0 Å². The molecule has 1 heterocycles. The van der Waals surface area contributed by atoms with Crippen molar-refractivity contribution in [2.75, 3.05) is 0 Å². The second kappa shape index (κ2) is 8.52. The second-order valence-electron chi connectivity index (χ2n) is 6.11. The van der Waals surface area contributed by atoms with Crippen molar-refractivity contribution in [1.82, 2.24) is 9.55 Å². The molecule has 0 N–H and O–H groups in total. The summed E-state index contributed by atoms with van der Waals surface area (Å²) in [6.45, 7) is 2.83. The molecule has 0 amide bonds. The predicted molar refractivity (Wildman–Crippen MR) is 104 cm³/mol. The fourth-order valence-corrected chi connectivity index (χ4v) is 3.04. The van der Waals surface area contributed by atoms with Crippen LogP contribution in [0, 0.1) is 0 Å². The molecular weight excluding hydrogens is 389 g/mol. The molecule has 0 fully saturated rings. The highest BCUT2D eigenvalue weighted by molar-refractivity contribution is 6.27. The van der Waals surface area contributed by atoms with Gasteiger partial charge in [0, 0.05) is 24.7 Å². The lowest BCUT2D eigenvalue weighted by Crippen LogP contribution is -2.17. The van der Waals surface area contributed by atoms with Gasteiger partial charge in [0.1, 0.15) is 11.6 Å². The van der Waals surface area contributed by atoms with Crippen molar-refractivity contribution in [1.29, 1.82) is 0 Å². The molecule has 1 aromatic heterocycles. The Hall–Kier alpha value is -2.73. The molecule has 0 unspecified atom stereocenters. The van der Waals surface area contributed by atoms with Crippen LogP contribution in [0.2, 0.25) is 0 Å². The third-order valence-corrected chi connectivity index (χ3v) is 4.30. The van der Waals surface area contributed by atoms with Gasteiger partial charge in [0.05, 0.1) is 5.69 Å². The number of nitrogens with zero attached hydrogens (tertiary/aromatic N) is 2. The first kappa shape index (κ1) is 20.0. The Labute approximate surface area is 166 Å². The molecule has 3 aromatic rings. The highest BCUT2D eigenvalue weighted by Gasteiger charge is 2.31. The van der Waals surface area contributed by atoms with Crippen LogP contribution < -0.4 is 4.74 Å². The van der Waals surface area contributed by atoms with E-state index in [0.717, 1.165) is 29.2 Å². The Morgan fingerprint density at radius 3 is 2.50 bits per heavy atom. The summed E-state index contributed by atoms with van der Waals surface area (Å²) in [5.74, 6) is 0.680. The van der Waals surface area contributed by atoms with Crippen LogP contribution in [-0.4, -0.2) is 15.9 Å². The van der Waals surface area contributed by atoms with Gasteiger partial charge >= 0.3 is 6.36 Å². The average Bonchev–Trinajstić information content (AvgIpc) is 3.03. The van der Waals surface area contributed by atoms with Crippen LogP contribution in [0.25, 0.3) is 17.2 Å². The monoisotopic (exact) mass is 406 g/mol. The van der Waals surface area contributed by atoms with Crippen molar-refractivity contribution in [2.45, 2.75) is 26.3 Å². The Bertz CT molecular complexity index is 963. The van der Waals surface area contributed by atoms with Gasteiger partial charge in [0.25, 0.3) is 0 Å². The van der Waals surface area contributed by atoms with Gasteiger partial charge in [-0.3, -0.25) is 0 Å². The second-order valence-corrected chi connectivity index (χ2v) is 6.36. The summed E-state index contributed by atoms with van der Waals surface area (Å²) in [5.41, 5.74) is 4.73. The third kappa shape index (κ3) is 5.16. The Morgan fingerprint density at radius 1 is 1.11 bits per heavy atom. The zero-order valence-electron chi connectivity index (χ0n) is 15.1. The molecule has 0 radical (unpaired) electrons. The lowest BCUT2D eigenvalue weighted by atomic mass is 10.0. The van der Waals surface area contributed by atoms with Crippen LogP contribution in [0.15, 0.2) is 60.3 Å². The van der Waals surface area contributed by atoms with E-state index in [1.165, 1.54) is 23.7 Å². The molecule has 0 spiro atoms. The van der Waals surface area contributed by atoms with E-state index in [2.05, 4.69) is 14.3 Å². The topological polar surface area (TPSA) is 27.1 Å². The van der Waals surface area contributed by atoms with Gasteiger partial charge in [-0.1, -0.05) is 48.0 Å². The van der Waals surface area contributed by atoms with Gasteiger partial charge in [-0.05, 0) is 41.8 Å². The molecule has 0 aliphatic rings. The molecule has 0 atom stereocenters. The number of hydrogen-bond acceptors (Lipinski definition) is 2. The van der Waals surface area contributed by atoms with Crippen LogP contribution in [0.1, 0.15) is 24.0 Å². The summed E-state index contributed by atoms with van der Waals surface area (Å²) in [6, 6.07) is 13.6. The molecule has 3 rings (SSSR count). The summed E-state index contributed by atoms with van der Waals surface area (Å²) < 4.78 is 43.3. The Balaban J connectivity index is 1.78. The molecule has 0 aliphatic heterocycles. The van der Waals surface area contributed by atoms with Crippen LogP contribution >= 0.6 is 11.6 Å². The fraction of sp³-hybridized carbons (Fsp3) is 0.190. The fourth-order valence-electron chi connectivity index (χ4n) is 2.91. The lowest BCUT2D eigenvalue weighted by molar-refractivity contribution is -0.274. The Morgan fingerprint density at radius 2 is 1.86 bits per heavy atom. The lowest BCUT2D eigenvalue weighted by Gasteiger charge is -2.10. The quantitative estimate of drug-likeness (QED) is 0.482. The van der Waals surface area contributed by atoms with Crippen molar-refractivity contribution in [3.05, 3.63) is 77.3 Å². The maximum absolute atomic E-state index is 12.4. The van der Waals surface area contributed by atoms with Crippen molar-refractivity contribution < 1.29 is 17.9 Å². The number of alkyl halides is 3. The highest BCUT2D eigenvalue weighted by Crippen LogP contribution is 2.28. The van der Waals surface area contributed by atoms with Gasteiger partial charge in [-0.15, -0.1) is 13.2 Å². The summed E-state index contributed by atoms with van der Waals surface area (Å²) in [5, 5.41) is 0. The SMILES string of the molecule is CCn1cc(/C=C/Cl)nc1Cc1ccc(-c2cccc(OC(F)(F)F)c2)cc1. The first-order valence-electron chi connectivity index (χ1n) is 8.66. The number of aromatic nitrogens is 2. The molecule has 146 valence electrons. The van der Waals surface area contributed by atoms with E-state index in [9.17, 15) is 13.2 Å². The summed E-state index contributed by atoms with van der Waals surface area (Å²) in [4.78, 5) is 4.56. The van der Waals surface area contributed by atoms with Crippen molar-refractivity contribution in [3.63, 3.8) is 0 Å². The van der Waals surface area contributed by atoms with Gasteiger partial charge in [0.2, 0.25) is 0 Å². The standard InChI is InChI=1S/C21H18ClF3N2O/c1-2-27-14-18(10-11-22)26-20(27)12-15-6-8-16(9-7-15)17-4-3-5-19(13-17)28-21(23,24)25/h3-11,13-14H,2,12H2,1H3/b11-10+. The average molecular weight is 407 g/mol. The number of halogens is 4. The largest absolute Gasteiger partial charge is 0.573 e. The normalized spacial score (nSPS) is 11.9. The van der Waals surface area contributed by atoms with Crippen molar-refractivity contribution in [2.24, 2.45) is 0 Å². The molecule has 3 nitrogen and oxygen atoms in total. The Kier molecular flexibility index (Phi) is 6.09. The first-order chi connectivity index (χ1) is 13.4. The van der Waals surface area contributed by atoms with E-state index in [4.69, 9.17) is 11.6 Å². The van der Waals surface area contributed by atoms with E-state index in [1.807, 2.05) is 37.4 Å². The molecular formula is C21H18ClF3N2O. The number of benzene rings is 2. The number of rotatable bonds is 6. The molecule has 0 aliphatic carbocycles. The van der Waals surface area contributed by atoms with E-state index in [-0.39, 0.29) is 5.75 Å². The maximum atomic E-state index is 12.4. The minimum Gasteiger partial charge on any atom is -0.406 e. The molecule has 2 aromatic carbocycles. The van der Waals surface area contributed by atoms with Gasteiger partial charge in [-0.25, -0.2) is 4.98 Å². The highest BCUT2D eigenvalue weighted by atomic mass is 35.5. The van der Waals surface area contributed by atoms with Crippen LogP contribution in [0.5, 0.6) is 5.75 Å². The summed E-state index contributed by atoms with van der Waals surface area (Å²) >= 11 is 5.62. The minimum absolute atomic E-state index is 0.237. The van der Waals surface area contributed by atoms with E-state index in [1.54, 1.807) is 12.1 Å². The van der Waals surface area contributed by atoms with Crippen LogP contribution in [0.4, 0.5) is 13.2 Å². The number of aryl methyl sites for hydroxylation is 1. The van der Waals surface area contributed by atoms with E-state index < -0.39 is 6.36 Å². The molecule has 0 bridgehead atoms. The number of ether oxygens (including phenoxy) is 1. The minimum atomic E-state index is -4.71. The smallest absolute Gasteiger partial charge is 0.406 e. The van der Waals surface area contributed by atoms with Crippen molar-refractivity contribution >= 4 is 17.7 Å². The van der Waals surface area contributed by atoms with E-state index in [0.29, 0.717) is 12.0 Å². The van der Waals surface area contributed by atoms with Crippen LogP contribution in [-0.2, 0) is 13.0 Å². The molecule has 28 heavy (non-hydrogen) atoms. The van der Waals surface area contributed by atoms with Crippen LogP contribution in [0.3, 0.4) is 0 Å². The number of hydrogen-bond donors (Lipinski definition) is 0. The van der Waals surface area contributed by atoms with Gasteiger partial charge in [0.15, 0.2) is 0 Å².